The van der Waals surface area contributed by atoms with Gasteiger partial charge in [0.2, 0.25) is 11.8 Å². The Labute approximate surface area is 181 Å². The van der Waals surface area contributed by atoms with Gasteiger partial charge >= 0.3 is 0 Å². The van der Waals surface area contributed by atoms with E-state index >= 15 is 0 Å². The van der Waals surface area contributed by atoms with Crippen molar-refractivity contribution in [3.05, 3.63) is 51.7 Å². The molecule has 1 aromatic heterocycles. The van der Waals surface area contributed by atoms with Crippen molar-refractivity contribution < 1.29 is 19.1 Å². The van der Waals surface area contributed by atoms with Crippen LogP contribution < -0.4 is 14.8 Å². The van der Waals surface area contributed by atoms with Crippen LogP contribution >= 0.6 is 11.3 Å². The fraction of sp³-hybridized carbons (Fsp3) is 0.391. The number of benzene rings is 1. The summed E-state index contributed by atoms with van der Waals surface area (Å²) in [7, 11) is 3.14. The van der Waals surface area contributed by atoms with E-state index in [1.54, 1.807) is 43.8 Å². The first-order valence-corrected chi connectivity index (χ1v) is 11.0. The third kappa shape index (κ3) is 5.21. The van der Waals surface area contributed by atoms with Crippen LogP contribution in [0.15, 0.2) is 35.7 Å². The second kappa shape index (κ2) is 10.3. The van der Waals surface area contributed by atoms with Crippen LogP contribution in [-0.2, 0) is 22.6 Å². The van der Waals surface area contributed by atoms with E-state index in [1.165, 1.54) is 16.5 Å². The highest BCUT2D eigenvalue weighted by Crippen LogP contribution is 2.28. The van der Waals surface area contributed by atoms with Crippen molar-refractivity contribution in [1.29, 1.82) is 0 Å². The summed E-state index contributed by atoms with van der Waals surface area (Å²) >= 11 is 1.74. The van der Waals surface area contributed by atoms with E-state index in [-0.39, 0.29) is 11.8 Å². The molecule has 2 aromatic rings. The van der Waals surface area contributed by atoms with Crippen LogP contribution in [0.1, 0.15) is 35.8 Å². The number of ether oxygens (including phenoxy) is 2. The number of carbonyl (C=O) groups excluding carboxylic acids is 2. The molecular formula is C23H28N2O4S. The minimum absolute atomic E-state index is 0.0124. The number of carbonyl (C=O) groups is 2. The smallest absolute Gasteiger partial charge is 0.245 e. The Morgan fingerprint density at radius 3 is 2.77 bits per heavy atom. The van der Waals surface area contributed by atoms with Gasteiger partial charge in [0.1, 0.15) is 6.04 Å². The van der Waals surface area contributed by atoms with E-state index < -0.39 is 6.04 Å². The van der Waals surface area contributed by atoms with Crippen LogP contribution in [0.4, 0.5) is 0 Å². The molecule has 2 amide bonds. The van der Waals surface area contributed by atoms with Crippen molar-refractivity contribution in [3.63, 3.8) is 0 Å². The second-order valence-corrected chi connectivity index (χ2v) is 8.18. The van der Waals surface area contributed by atoms with Crippen LogP contribution in [0.2, 0.25) is 0 Å². The summed E-state index contributed by atoms with van der Waals surface area (Å²) in [5, 5.41) is 4.96. The van der Waals surface area contributed by atoms with Crippen molar-refractivity contribution in [2.24, 2.45) is 0 Å². The lowest BCUT2D eigenvalue weighted by Crippen LogP contribution is -2.49. The molecule has 6 nitrogen and oxygen atoms in total. The predicted octanol–water partition coefficient (Wildman–Crippen LogP) is 3.65. The number of nitrogens with one attached hydrogen (secondary N) is 1. The normalized spacial score (nSPS) is 14.3. The quantitative estimate of drug-likeness (QED) is 0.652. The van der Waals surface area contributed by atoms with Gasteiger partial charge in [0, 0.05) is 24.0 Å². The summed E-state index contributed by atoms with van der Waals surface area (Å²) in [4.78, 5) is 28.8. The molecule has 0 bridgehead atoms. The number of thiophene rings is 1. The summed E-state index contributed by atoms with van der Waals surface area (Å²) in [5.41, 5.74) is 2.02. The number of rotatable bonds is 8. The zero-order chi connectivity index (χ0) is 21.5. The van der Waals surface area contributed by atoms with E-state index in [2.05, 4.69) is 16.8 Å². The molecule has 1 aliphatic rings. The molecule has 160 valence electrons. The molecular weight excluding hydrogens is 400 g/mol. The SMILES string of the molecule is CCCC(NC(=O)C=Cc1ccc(OC)c(OC)c1)C(=O)N1CCc2sccc2C1. The lowest BCUT2D eigenvalue weighted by Gasteiger charge is -2.30. The second-order valence-electron chi connectivity index (χ2n) is 7.18. The maximum atomic E-state index is 13.0. The maximum absolute atomic E-state index is 13.0. The monoisotopic (exact) mass is 428 g/mol. The van der Waals surface area contributed by atoms with Gasteiger partial charge in [-0.05, 0) is 53.6 Å². The van der Waals surface area contributed by atoms with Gasteiger partial charge in [-0.2, -0.15) is 0 Å². The highest BCUT2D eigenvalue weighted by molar-refractivity contribution is 7.10. The Balaban J connectivity index is 1.64. The molecule has 0 saturated heterocycles. The van der Waals surface area contributed by atoms with Crippen LogP contribution in [0.3, 0.4) is 0 Å². The largest absolute Gasteiger partial charge is 0.493 e. The molecule has 30 heavy (non-hydrogen) atoms. The third-order valence-electron chi connectivity index (χ3n) is 5.15. The van der Waals surface area contributed by atoms with E-state index in [0.717, 1.165) is 18.4 Å². The van der Waals surface area contributed by atoms with Gasteiger partial charge in [-0.3, -0.25) is 9.59 Å². The van der Waals surface area contributed by atoms with Crippen LogP contribution in [0.25, 0.3) is 6.08 Å². The van der Waals surface area contributed by atoms with Gasteiger partial charge in [0.15, 0.2) is 11.5 Å². The average molecular weight is 429 g/mol. The Kier molecular flexibility index (Phi) is 7.52. The van der Waals surface area contributed by atoms with E-state index in [1.807, 2.05) is 17.9 Å². The molecule has 0 fully saturated rings. The van der Waals surface area contributed by atoms with Gasteiger partial charge in [-0.25, -0.2) is 0 Å². The highest BCUT2D eigenvalue weighted by Gasteiger charge is 2.28. The van der Waals surface area contributed by atoms with Crippen molar-refractivity contribution in [3.8, 4) is 11.5 Å². The van der Waals surface area contributed by atoms with Crippen LogP contribution in [0.5, 0.6) is 11.5 Å². The van der Waals surface area contributed by atoms with E-state index in [9.17, 15) is 9.59 Å². The molecule has 2 heterocycles. The van der Waals surface area contributed by atoms with Gasteiger partial charge < -0.3 is 19.7 Å². The standard InChI is InChI=1S/C23H28N2O4S/c1-4-5-18(23(27)25-12-10-21-17(15-25)11-13-30-21)24-22(26)9-7-16-6-8-19(28-2)20(14-16)29-3/h6-9,11,13-14,18H,4-5,10,12,15H2,1-3H3,(H,24,26). The molecule has 1 unspecified atom stereocenters. The molecule has 1 aliphatic heterocycles. The summed E-state index contributed by atoms with van der Waals surface area (Å²) in [6.45, 7) is 3.33. The molecule has 1 aromatic carbocycles. The molecule has 0 radical (unpaired) electrons. The van der Waals surface area contributed by atoms with Crippen molar-refractivity contribution in [2.75, 3.05) is 20.8 Å². The van der Waals surface area contributed by atoms with Gasteiger partial charge in [0.25, 0.3) is 0 Å². The molecule has 7 heteroatoms. The number of hydrogen-bond donors (Lipinski definition) is 1. The highest BCUT2D eigenvalue weighted by atomic mass is 32.1. The van der Waals surface area contributed by atoms with Crippen molar-refractivity contribution in [1.82, 2.24) is 10.2 Å². The topological polar surface area (TPSA) is 67.9 Å². The number of hydrogen-bond acceptors (Lipinski definition) is 5. The summed E-state index contributed by atoms with van der Waals surface area (Å²) in [6.07, 6.45) is 5.45. The molecule has 0 spiro atoms. The number of fused-ring (bicyclic) bond motifs is 1. The predicted molar refractivity (Wildman–Crippen MR) is 119 cm³/mol. The Hall–Kier alpha value is -2.80. The maximum Gasteiger partial charge on any atom is 0.245 e. The molecule has 0 saturated carbocycles. The minimum atomic E-state index is -0.516. The zero-order valence-corrected chi connectivity index (χ0v) is 18.5. The van der Waals surface area contributed by atoms with Crippen LogP contribution in [-0.4, -0.2) is 43.5 Å². The first-order valence-electron chi connectivity index (χ1n) is 10.1. The molecule has 3 rings (SSSR count). The van der Waals surface area contributed by atoms with Crippen molar-refractivity contribution in [2.45, 2.75) is 38.8 Å². The molecule has 1 N–H and O–H groups in total. The summed E-state index contributed by atoms with van der Waals surface area (Å²) in [6, 6.07) is 6.99. The molecule has 0 aliphatic carbocycles. The third-order valence-corrected chi connectivity index (χ3v) is 6.17. The summed E-state index contributed by atoms with van der Waals surface area (Å²) in [5.74, 6) is 0.923. The fourth-order valence-electron chi connectivity index (χ4n) is 3.55. The van der Waals surface area contributed by atoms with Crippen LogP contribution in [0, 0.1) is 0 Å². The summed E-state index contributed by atoms with van der Waals surface area (Å²) < 4.78 is 10.5. The lowest BCUT2D eigenvalue weighted by molar-refractivity contribution is -0.136. The average Bonchev–Trinajstić information content (AvgIpc) is 3.24. The number of amides is 2. The number of nitrogens with zero attached hydrogens (tertiary/aromatic N) is 1. The van der Waals surface area contributed by atoms with Crippen molar-refractivity contribution >= 4 is 29.2 Å². The van der Waals surface area contributed by atoms with Gasteiger partial charge in [-0.15, -0.1) is 11.3 Å². The Bertz CT molecular complexity index is 922. The minimum Gasteiger partial charge on any atom is -0.493 e. The Morgan fingerprint density at radius 2 is 2.03 bits per heavy atom. The fourth-order valence-corrected chi connectivity index (χ4v) is 4.44. The Morgan fingerprint density at radius 1 is 1.23 bits per heavy atom. The van der Waals surface area contributed by atoms with E-state index in [4.69, 9.17) is 9.47 Å². The van der Waals surface area contributed by atoms with E-state index in [0.29, 0.717) is 31.0 Å². The van der Waals surface area contributed by atoms with Gasteiger partial charge in [-0.1, -0.05) is 19.4 Å². The molecule has 1 atom stereocenters. The zero-order valence-electron chi connectivity index (χ0n) is 17.6. The first-order chi connectivity index (χ1) is 14.5. The van der Waals surface area contributed by atoms with Gasteiger partial charge in [0.05, 0.1) is 14.2 Å². The first kappa shape index (κ1) is 21.9. The lowest BCUT2D eigenvalue weighted by atomic mass is 10.1. The number of methoxy groups -OCH3 is 2.